The van der Waals surface area contributed by atoms with Gasteiger partial charge in [-0.05, 0) is 31.2 Å². The van der Waals surface area contributed by atoms with Crippen LogP contribution in [0.25, 0.3) is 0 Å². The molecule has 2 aromatic rings. The molecule has 0 aliphatic heterocycles. The Morgan fingerprint density at radius 3 is 2.42 bits per heavy atom. The number of rotatable bonds is 4. The molecule has 1 aromatic carbocycles. The number of halogens is 1. The Labute approximate surface area is 120 Å². The van der Waals surface area contributed by atoms with Crippen LogP contribution in [0.2, 0.25) is 4.47 Å². The molecule has 0 fully saturated rings. The number of methoxy groups -OCH3 is 1. The third-order valence-electron chi connectivity index (χ3n) is 2.31. The van der Waals surface area contributed by atoms with Gasteiger partial charge < -0.3 is 4.74 Å². The molecular formula is C11H11ClN2O3S2. The van der Waals surface area contributed by atoms with Crippen molar-refractivity contribution < 1.29 is 13.2 Å². The SMILES string of the molecule is COc1ccc(NS(=O)(=O)c2sc(Cl)nc2C)cc1. The van der Waals surface area contributed by atoms with Gasteiger partial charge in [-0.2, -0.15) is 0 Å². The van der Waals surface area contributed by atoms with Crippen molar-refractivity contribution in [1.29, 1.82) is 0 Å². The maximum absolute atomic E-state index is 12.2. The van der Waals surface area contributed by atoms with Crippen LogP contribution in [0.5, 0.6) is 5.75 Å². The molecule has 0 aliphatic rings. The van der Waals surface area contributed by atoms with Crippen LogP contribution in [0.4, 0.5) is 5.69 Å². The van der Waals surface area contributed by atoms with Crippen molar-refractivity contribution in [3.63, 3.8) is 0 Å². The van der Waals surface area contributed by atoms with Gasteiger partial charge in [0.05, 0.1) is 12.8 Å². The maximum Gasteiger partial charge on any atom is 0.273 e. The highest BCUT2D eigenvalue weighted by Gasteiger charge is 2.21. The molecule has 2 rings (SSSR count). The van der Waals surface area contributed by atoms with Crippen LogP contribution in [-0.2, 0) is 10.0 Å². The summed E-state index contributed by atoms with van der Waals surface area (Å²) in [6, 6.07) is 6.58. The van der Waals surface area contributed by atoms with Crippen molar-refractivity contribution in [1.82, 2.24) is 4.98 Å². The Morgan fingerprint density at radius 2 is 1.95 bits per heavy atom. The van der Waals surface area contributed by atoms with E-state index in [0.717, 1.165) is 11.3 Å². The van der Waals surface area contributed by atoms with Gasteiger partial charge in [-0.3, -0.25) is 4.72 Å². The standard InChI is InChI=1S/C11H11ClN2O3S2/c1-7-10(18-11(12)13-7)19(15,16)14-8-3-5-9(17-2)6-4-8/h3-6,14H,1-2H3. The quantitative estimate of drug-likeness (QED) is 0.941. The molecule has 0 atom stereocenters. The number of hydrogen-bond donors (Lipinski definition) is 1. The van der Waals surface area contributed by atoms with Crippen molar-refractivity contribution in [2.24, 2.45) is 0 Å². The highest BCUT2D eigenvalue weighted by molar-refractivity contribution is 7.94. The summed E-state index contributed by atoms with van der Waals surface area (Å²) in [6.45, 7) is 1.60. The second-order valence-electron chi connectivity index (χ2n) is 3.67. The molecule has 1 heterocycles. The minimum atomic E-state index is -3.66. The Kier molecular flexibility index (Phi) is 3.98. The minimum Gasteiger partial charge on any atom is -0.497 e. The fourth-order valence-electron chi connectivity index (χ4n) is 1.46. The highest BCUT2D eigenvalue weighted by Crippen LogP contribution is 2.28. The zero-order chi connectivity index (χ0) is 14.0. The fourth-order valence-corrected chi connectivity index (χ4v) is 4.26. The highest BCUT2D eigenvalue weighted by atomic mass is 35.5. The third-order valence-corrected chi connectivity index (χ3v) is 5.57. The summed E-state index contributed by atoms with van der Waals surface area (Å²) < 4.78 is 32.1. The number of aryl methyl sites for hydroxylation is 1. The van der Waals surface area contributed by atoms with E-state index in [1.165, 1.54) is 0 Å². The summed E-state index contributed by atoms with van der Waals surface area (Å²) in [4.78, 5) is 3.89. The summed E-state index contributed by atoms with van der Waals surface area (Å²) in [5.74, 6) is 0.653. The molecule has 5 nitrogen and oxygen atoms in total. The van der Waals surface area contributed by atoms with Gasteiger partial charge in [0.25, 0.3) is 10.0 Å². The molecule has 0 spiro atoms. The Bertz CT molecular complexity index is 680. The summed E-state index contributed by atoms with van der Waals surface area (Å²) >= 11 is 6.64. The Hall–Kier alpha value is -1.31. The Morgan fingerprint density at radius 1 is 1.32 bits per heavy atom. The van der Waals surface area contributed by atoms with Crippen LogP contribution in [0.1, 0.15) is 5.69 Å². The van der Waals surface area contributed by atoms with Crippen LogP contribution < -0.4 is 9.46 Å². The number of anilines is 1. The first-order chi connectivity index (χ1) is 8.92. The van der Waals surface area contributed by atoms with Crippen molar-refractivity contribution in [3.05, 3.63) is 34.4 Å². The number of aromatic nitrogens is 1. The van der Waals surface area contributed by atoms with Gasteiger partial charge in [0.1, 0.15) is 5.75 Å². The van der Waals surface area contributed by atoms with Crippen LogP contribution in [0.15, 0.2) is 28.5 Å². The molecule has 0 aliphatic carbocycles. The molecule has 0 saturated carbocycles. The smallest absolute Gasteiger partial charge is 0.273 e. The largest absolute Gasteiger partial charge is 0.497 e. The van der Waals surface area contributed by atoms with E-state index in [1.54, 1.807) is 38.3 Å². The molecule has 0 amide bonds. The monoisotopic (exact) mass is 318 g/mol. The van der Waals surface area contributed by atoms with Crippen molar-refractivity contribution in [3.8, 4) is 5.75 Å². The number of hydrogen-bond acceptors (Lipinski definition) is 5. The lowest BCUT2D eigenvalue weighted by Crippen LogP contribution is -2.12. The fraction of sp³-hybridized carbons (Fsp3) is 0.182. The number of ether oxygens (including phenoxy) is 1. The summed E-state index contributed by atoms with van der Waals surface area (Å²) in [6.07, 6.45) is 0. The van der Waals surface area contributed by atoms with Crippen LogP contribution >= 0.6 is 22.9 Å². The lowest BCUT2D eigenvalue weighted by molar-refractivity contribution is 0.415. The normalized spacial score (nSPS) is 11.3. The Balaban J connectivity index is 2.28. The van der Waals surface area contributed by atoms with E-state index < -0.39 is 10.0 Å². The van der Waals surface area contributed by atoms with Crippen molar-refractivity contribution in [2.75, 3.05) is 11.8 Å². The lowest BCUT2D eigenvalue weighted by atomic mass is 10.3. The van der Waals surface area contributed by atoms with E-state index in [9.17, 15) is 8.42 Å². The van der Waals surface area contributed by atoms with Gasteiger partial charge in [-0.15, -0.1) is 0 Å². The lowest BCUT2D eigenvalue weighted by Gasteiger charge is -2.07. The topological polar surface area (TPSA) is 68.3 Å². The minimum absolute atomic E-state index is 0.119. The van der Waals surface area contributed by atoms with E-state index >= 15 is 0 Å². The van der Waals surface area contributed by atoms with Gasteiger partial charge in [0, 0.05) is 5.69 Å². The molecule has 0 saturated heterocycles. The van der Waals surface area contributed by atoms with Crippen LogP contribution in [-0.4, -0.2) is 20.5 Å². The average Bonchev–Trinajstić information content (AvgIpc) is 2.70. The molecule has 102 valence electrons. The third kappa shape index (κ3) is 3.17. The maximum atomic E-state index is 12.2. The van der Waals surface area contributed by atoms with Gasteiger partial charge in [0.15, 0.2) is 8.68 Å². The molecule has 0 radical (unpaired) electrons. The second-order valence-corrected chi connectivity index (χ2v) is 7.13. The number of nitrogens with one attached hydrogen (secondary N) is 1. The molecule has 0 unspecified atom stereocenters. The van der Waals surface area contributed by atoms with Gasteiger partial charge >= 0.3 is 0 Å². The number of benzene rings is 1. The van der Waals surface area contributed by atoms with Gasteiger partial charge in [-0.25, -0.2) is 13.4 Å². The van der Waals surface area contributed by atoms with Crippen LogP contribution in [0.3, 0.4) is 0 Å². The molecule has 8 heteroatoms. The summed E-state index contributed by atoms with van der Waals surface area (Å²) in [5, 5.41) is 0. The van der Waals surface area contributed by atoms with E-state index in [2.05, 4.69) is 9.71 Å². The molecule has 0 bridgehead atoms. The number of sulfonamides is 1. The summed E-state index contributed by atoms with van der Waals surface area (Å²) in [5.41, 5.74) is 0.834. The van der Waals surface area contributed by atoms with Crippen molar-refractivity contribution in [2.45, 2.75) is 11.1 Å². The van der Waals surface area contributed by atoms with Gasteiger partial charge in [0.2, 0.25) is 0 Å². The first kappa shape index (κ1) is 14.1. The van der Waals surface area contributed by atoms with Crippen LogP contribution in [0, 0.1) is 6.92 Å². The average molecular weight is 319 g/mol. The summed E-state index contributed by atoms with van der Waals surface area (Å²) in [7, 11) is -2.12. The van der Waals surface area contributed by atoms with Gasteiger partial charge in [-0.1, -0.05) is 22.9 Å². The number of nitrogens with zero attached hydrogens (tertiary/aromatic N) is 1. The molecular weight excluding hydrogens is 308 g/mol. The predicted molar refractivity (Wildman–Crippen MR) is 75.7 cm³/mol. The zero-order valence-corrected chi connectivity index (χ0v) is 12.6. The van der Waals surface area contributed by atoms with E-state index in [-0.39, 0.29) is 8.68 Å². The second kappa shape index (κ2) is 5.36. The first-order valence-electron chi connectivity index (χ1n) is 5.22. The zero-order valence-electron chi connectivity index (χ0n) is 10.2. The van der Waals surface area contributed by atoms with E-state index in [4.69, 9.17) is 16.3 Å². The molecule has 19 heavy (non-hydrogen) atoms. The van der Waals surface area contributed by atoms with E-state index in [0.29, 0.717) is 17.1 Å². The van der Waals surface area contributed by atoms with Crippen molar-refractivity contribution >= 4 is 38.6 Å². The molecule has 1 aromatic heterocycles. The molecule has 1 N–H and O–H groups in total. The predicted octanol–water partition coefficient (Wildman–Crippen LogP) is 2.91. The first-order valence-corrected chi connectivity index (χ1v) is 7.90. The number of thiazole rings is 1. The van der Waals surface area contributed by atoms with E-state index in [1.807, 2.05) is 0 Å².